The monoisotopic (exact) mass is 330 g/mol. The van der Waals surface area contributed by atoms with Gasteiger partial charge in [0.15, 0.2) is 5.82 Å². The Morgan fingerprint density at radius 3 is 2.54 bits per heavy atom. The normalized spacial score (nSPS) is 14.6. The molecule has 7 nitrogen and oxygen atoms in total. The van der Waals surface area contributed by atoms with Gasteiger partial charge in [-0.15, -0.1) is 5.10 Å². The van der Waals surface area contributed by atoms with E-state index in [4.69, 9.17) is 0 Å². The number of carbonyl (C=O) groups is 1. The molecule has 1 aliphatic rings. The Balaban J connectivity index is 1.65. The van der Waals surface area contributed by atoms with Crippen LogP contribution in [0.5, 0.6) is 0 Å². The van der Waals surface area contributed by atoms with Crippen molar-refractivity contribution in [3.05, 3.63) is 42.1 Å². The number of piperazine rings is 1. The Bertz CT molecular complexity index is 730. The van der Waals surface area contributed by atoms with Crippen molar-refractivity contribution in [1.29, 1.82) is 0 Å². The third-order valence-electron chi connectivity index (χ3n) is 3.99. The van der Waals surface area contributed by atoms with E-state index in [2.05, 4.69) is 20.1 Å². The molecule has 0 N–H and O–H groups in total. The van der Waals surface area contributed by atoms with Gasteiger partial charge in [-0.3, -0.25) is 9.78 Å². The highest BCUT2D eigenvalue weighted by Crippen LogP contribution is 2.19. The van der Waals surface area contributed by atoms with Crippen molar-refractivity contribution >= 4 is 17.4 Å². The van der Waals surface area contributed by atoms with Crippen LogP contribution in [-0.2, 0) is 0 Å². The standard InChI is InChI=1S/C16H19FN6O/c1-21(2)14-8-15(20-19-11-14)22-3-5-23(6-4-22)16(24)12-7-13(17)10-18-9-12/h7-11H,3-6H2,1-2H3. The Kier molecular flexibility index (Phi) is 4.54. The first-order chi connectivity index (χ1) is 11.5. The summed E-state index contributed by atoms with van der Waals surface area (Å²) in [6.07, 6.45) is 4.19. The second kappa shape index (κ2) is 6.77. The molecule has 0 aromatic carbocycles. The van der Waals surface area contributed by atoms with Gasteiger partial charge in [0.05, 0.1) is 23.6 Å². The Labute approximate surface area is 139 Å². The van der Waals surface area contributed by atoms with Crippen molar-refractivity contribution in [2.24, 2.45) is 0 Å². The van der Waals surface area contributed by atoms with Gasteiger partial charge in [-0.2, -0.15) is 5.10 Å². The van der Waals surface area contributed by atoms with E-state index in [9.17, 15) is 9.18 Å². The van der Waals surface area contributed by atoms with Crippen LogP contribution in [0.2, 0.25) is 0 Å². The predicted octanol–water partition coefficient (Wildman–Crippen LogP) is 1.04. The molecule has 0 radical (unpaired) electrons. The first-order valence-corrected chi connectivity index (χ1v) is 7.69. The number of rotatable bonds is 3. The summed E-state index contributed by atoms with van der Waals surface area (Å²) in [5.41, 5.74) is 1.25. The second-order valence-corrected chi connectivity index (χ2v) is 5.84. The van der Waals surface area contributed by atoms with Gasteiger partial charge in [-0.25, -0.2) is 4.39 Å². The van der Waals surface area contributed by atoms with Crippen molar-refractivity contribution in [2.45, 2.75) is 0 Å². The van der Waals surface area contributed by atoms with Crippen LogP contribution in [0.3, 0.4) is 0 Å². The molecule has 0 aliphatic carbocycles. The minimum absolute atomic E-state index is 0.199. The summed E-state index contributed by atoms with van der Waals surface area (Å²) in [6.45, 7) is 2.40. The van der Waals surface area contributed by atoms with E-state index in [1.807, 2.05) is 25.1 Å². The van der Waals surface area contributed by atoms with Crippen LogP contribution in [0.1, 0.15) is 10.4 Å². The number of aromatic nitrogens is 3. The Morgan fingerprint density at radius 2 is 1.88 bits per heavy atom. The minimum atomic E-state index is -0.504. The zero-order chi connectivity index (χ0) is 17.1. The molecule has 8 heteroatoms. The van der Waals surface area contributed by atoms with Gasteiger partial charge in [0.25, 0.3) is 5.91 Å². The van der Waals surface area contributed by atoms with Crippen molar-refractivity contribution in [3.63, 3.8) is 0 Å². The SMILES string of the molecule is CN(C)c1cnnc(N2CCN(C(=O)c3cncc(F)c3)CC2)c1. The van der Waals surface area contributed by atoms with Gasteiger partial charge in [0.1, 0.15) is 5.82 Å². The molecule has 0 atom stereocenters. The zero-order valence-electron chi connectivity index (χ0n) is 13.7. The largest absolute Gasteiger partial charge is 0.376 e. The van der Waals surface area contributed by atoms with Gasteiger partial charge >= 0.3 is 0 Å². The molecular formula is C16H19FN6O. The minimum Gasteiger partial charge on any atom is -0.376 e. The molecular weight excluding hydrogens is 311 g/mol. The molecule has 0 saturated carbocycles. The van der Waals surface area contributed by atoms with Gasteiger partial charge in [-0.1, -0.05) is 0 Å². The molecule has 0 unspecified atom stereocenters. The second-order valence-electron chi connectivity index (χ2n) is 5.84. The first kappa shape index (κ1) is 16.1. The summed E-state index contributed by atoms with van der Waals surface area (Å²) in [5.74, 6) is 0.0887. The van der Waals surface area contributed by atoms with Crippen LogP contribution in [0, 0.1) is 5.82 Å². The molecule has 3 rings (SSSR count). The average molecular weight is 330 g/mol. The molecule has 1 aliphatic heterocycles. The molecule has 0 bridgehead atoms. The van der Waals surface area contributed by atoms with Crippen molar-refractivity contribution in [3.8, 4) is 0 Å². The lowest BCUT2D eigenvalue weighted by atomic mass is 10.2. The lowest BCUT2D eigenvalue weighted by molar-refractivity contribution is 0.0745. The molecule has 2 aromatic rings. The fourth-order valence-corrected chi connectivity index (χ4v) is 2.59. The quantitative estimate of drug-likeness (QED) is 0.838. The van der Waals surface area contributed by atoms with Gasteiger partial charge in [0.2, 0.25) is 0 Å². The highest BCUT2D eigenvalue weighted by Gasteiger charge is 2.23. The van der Waals surface area contributed by atoms with Gasteiger partial charge in [0, 0.05) is 52.5 Å². The lowest BCUT2D eigenvalue weighted by Gasteiger charge is -2.35. The van der Waals surface area contributed by atoms with E-state index in [1.165, 1.54) is 12.3 Å². The summed E-state index contributed by atoms with van der Waals surface area (Å²) in [6, 6.07) is 3.19. The number of halogens is 1. The molecule has 24 heavy (non-hydrogen) atoms. The molecule has 0 spiro atoms. The van der Waals surface area contributed by atoms with Crippen LogP contribution in [-0.4, -0.2) is 66.3 Å². The van der Waals surface area contributed by atoms with E-state index in [0.29, 0.717) is 26.2 Å². The lowest BCUT2D eigenvalue weighted by Crippen LogP contribution is -2.49. The summed E-state index contributed by atoms with van der Waals surface area (Å²) < 4.78 is 13.2. The number of amides is 1. The van der Waals surface area contributed by atoms with Gasteiger partial charge < -0.3 is 14.7 Å². The summed E-state index contributed by atoms with van der Waals surface area (Å²) in [5, 5.41) is 8.20. The highest BCUT2D eigenvalue weighted by atomic mass is 19.1. The topological polar surface area (TPSA) is 65.5 Å². The third kappa shape index (κ3) is 3.42. The number of carbonyl (C=O) groups excluding carboxylic acids is 1. The molecule has 1 amide bonds. The summed E-state index contributed by atoms with van der Waals surface area (Å²) >= 11 is 0. The first-order valence-electron chi connectivity index (χ1n) is 7.69. The molecule has 1 fully saturated rings. The number of nitrogens with zero attached hydrogens (tertiary/aromatic N) is 6. The van der Waals surface area contributed by atoms with E-state index < -0.39 is 5.82 Å². The number of hydrogen-bond acceptors (Lipinski definition) is 6. The average Bonchev–Trinajstić information content (AvgIpc) is 2.61. The molecule has 3 heterocycles. The van der Waals surface area contributed by atoms with Crippen molar-refractivity contribution in [2.75, 3.05) is 50.1 Å². The number of anilines is 2. The fourth-order valence-electron chi connectivity index (χ4n) is 2.59. The maximum Gasteiger partial charge on any atom is 0.255 e. The van der Waals surface area contributed by atoms with Crippen LogP contribution < -0.4 is 9.80 Å². The number of pyridine rings is 1. The van der Waals surface area contributed by atoms with Crippen LogP contribution >= 0.6 is 0 Å². The summed E-state index contributed by atoms with van der Waals surface area (Å²) in [7, 11) is 3.90. The smallest absolute Gasteiger partial charge is 0.255 e. The van der Waals surface area contributed by atoms with Crippen LogP contribution in [0.15, 0.2) is 30.7 Å². The fraction of sp³-hybridized carbons (Fsp3) is 0.375. The van der Waals surface area contributed by atoms with Gasteiger partial charge in [-0.05, 0) is 6.07 Å². The van der Waals surface area contributed by atoms with Crippen molar-refractivity contribution in [1.82, 2.24) is 20.1 Å². The Morgan fingerprint density at radius 1 is 1.12 bits per heavy atom. The molecule has 126 valence electrons. The van der Waals surface area contributed by atoms with Crippen molar-refractivity contribution < 1.29 is 9.18 Å². The van der Waals surface area contributed by atoms with E-state index >= 15 is 0 Å². The van der Waals surface area contributed by atoms with Crippen LogP contribution in [0.4, 0.5) is 15.9 Å². The zero-order valence-corrected chi connectivity index (χ0v) is 13.7. The third-order valence-corrected chi connectivity index (χ3v) is 3.99. The number of hydrogen-bond donors (Lipinski definition) is 0. The van der Waals surface area contributed by atoms with Crippen LogP contribution in [0.25, 0.3) is 0 Å². The maximum atomic E-state index is 13.2. The molecule has 1 saturated heterocycles. The maximum absolute atomic E-state index is 13.2. The predicted molar refractivity (Wildman–Crippen MR) is 88.7 cm³/mol. The summed E-state index contributed by atoms with van der Waals surface area (Å²) in [4.78, 5) is 21.9. The van der Waals surface area contributed by atoms with E-state index in [-0.39, 0.29) is 11.5 Å². The van der Waals surface area contributed by atoms with E-state index in [1.54, 1.807) is 11.1 Å². The Hall–Kier alpha value is -2.77. The molecule has 2 aromatic heterocycles. The highest BCUT2D eigenvalue weighted by molar-refractivity contribution is 5.94. The van der Waals surface area contributed by atoms with E-state index in [0.717, 1.165) is 17.7 Å².